The first-order chi connectivity index (χ1) is 30.1. The number of benzene rings is 8. The van der Waals surface area contributed by atoms with Crippen molar-refractivity contribution in [3.05, 3.63) is 200 Å². The number of aromatic nitrogens is 3. The molecule has 0 unspecified atom stereocenters. The molecule has 2 aromatic heterocycles. The molecule has 258 valence electrons. The first kappa shape index (κ1) is 25.9. The largest absolute Gasteiger partial charge is 0.208 e. The van der Waals surface area contributed by atoms with Crippen LogP contribution < -0.4 is 0 Å². The predicted octanol–water partition coefficient (Wildman–Crippen LogP) is 13.9. The third-order valence-electron chi connectivity index (χ3n) is 9.59. The van der Waals surface area contributed by atoms with E-state index < -0.39 is 6.04 Å². The second-order valence-electron chi connectivity index (χ2n) is 13.1. The predicted molar refractivity (Wildman–Crippen MR) is 231 cm³/mol. The van der Waals surface area contributed by atoms with Crippen molar-refractivity contribution in [2.45, 2.75) is 0 Å². The van der Waals surface area contributed by atoms with Crippen LogP contribution in [0.4, 0.5) is 0 Å². The van der Waals surface area contributed by atoms with Crippen LogP contribution in [0.15, 0.2) is 200 Å². The van der Waals surface area contributed by atoms with Gasteiger partial charge in [-0.2, -0.15) is 0 Å². The number of rotatable bonds is 7. The molecule has 3 nitrogen and oxygen atoms in total. The number of fused-ring (bicyclic) bond motifs is 3. The normalized spacial score (nSPS) is 13.1. The Morgan fingerprint density at radius 2 is 0.782 bits per heavy atom. The summed E-state index contributed by atoms with van der Waals surface area (Å²) in [6.45, 7) is 0. The number of hydrogen-bond donors (Lipinski definition) is 0. The molecule has 0 aliphatic carbocycles. The van der Waals surface area contributed by atoms with Gasteiger partial charge in [0.15, 0.2) is 17.5 Å². The molecule has 4 heteroatoms. The van der Waals surface area contributed by atoms with Crippen LogP contribution in [-0.4, -0.2) is 15.0 Å². The molecular formula is C51H33N3S. The van der Waals surface area contributed by atoms with Crippen molar-refractivity contribution in [2.24, 2.45) is 0 Å². The Kier molecular flexibility index (Phi) is 6.63. The molecule has 0 bridgehead atoms. The maximum absolute atomic E-state index is 9.63. The topological polar surface area (TPSA) is 38.7 Å². The van der Waals surface area contributed by atoms with Crippen molar-refractivity contribution in [1.82, 2.24) is 15.0 Å². The molecule has 0 amide bonds. The fraction of sp³-hybridized carbons (Fsp3) is 0. The fourth-order valence-electron chi connectivity index (χ4n) is 6.82. The lowest BCUT2D eigenvalue weighted by Crippen LogP contribution is -2.01. The van der Waals surface area contributed by atoms with Crippen molar-refractivity contribution in [3.63, 3.8) is 0 Å². The van der Waals surface area contributed by atoms with Crippen LogP contribution in [0.1, 0.15) is 9.60 Å². The van der Waals surface area contributed by atoms with Crippen molar-refractivity contribution in [3.8, 4) is 78.7 Å². The lowest BCUT2D eigenvalue weighted by Gasteiger charge is -2.13. The van der Waals surface area contributed by atoms with Gasteiger partial charge in [-0.15, -0.1) is 11.3 Å². The summed E-state index contributed by atoms with van der Waals surface area (Å²) in [7, 11) is 0. The van der Waals surface area contributed by atoms with Crippen molar-refractivity contribution < 1.29 is 9.60 Å². The molecule has 0 fully saturated rings. The van der Waals surface area contributed by atoms with Gasteiger partial charge in [0, 0.05) is 36.9 Å². The molecular weight excluding hydrogens is 687 g/mol. The zero-order chi connectivity index (χ0) is 42.6. The van der Waals surface area contributed by atoms with E-state index in [0.29, 0.717) is 28.6 Å². The second kappa shape index (κ2) is 14.1. The Balaban J connectivity index is 1.21. The lowest BCUT2D eigenvalue weighted by molar-refractivity contribution is 1.07. The summed E-state index contributed by atoms with van der Waals surface area (Å²) in [6.07, 6.45) is 0. The van der Waals surface area contributed by atoms with Crippen LogP contribution in [-0.2, 0) is 0 Å². The Bertz CT molecular complexity index is 3360. The van der Waals surface area contributed by atoms with Gasteiger partial charge in [-0.25, -0.2) is 15.0 Å². The van der Waals surface area contributed by atoms with Gasteiger partial charge in [-0.3, -0.25) is 0 Å². The summed E-state index contributed by atoms with van der Waals surface area (Å²) < 4.78 is 62.8. The number of thiophene rings is 1. The van der Waals surface area contributed by atoms with E-state index in [-0.39, 0.29) is 62.0 Å². The summed E-state index contributed by atoms with van der Waals surface area (Å²) in [5.41, 5.74) is 8.63. The van der Waals surface area contributed by atoms with E-state index in [1.165, 1.54) is 0 Å². The molecule has 10 rings (SSSR count). The summed E-state index contributed by atoms with van der Waals surface area (Å²) >= 11 is 1.02. The Morgan fingerprint density at radius 3 is 1.47 bits per heavy atom. The average Bonchev–Trinajstić information content (AvgIpc) is 3.74. The standard InChI is InChI=1S/C51H33N3S/c1-4-13-34(14-5-1)37-23-25-38(26-24-37)49-52-50(41-20-12-19-39(29-41)35-15-6-2-7-16-35)54-51(53-49)44-31-42(36-17-8-3-9-18-36)30-43(32-44)40-27-28-48-46(33-40)45-21-10-11-22-47(45)55-48/h1-33H/i10D,11D,21D,22D,27D,28D,33D. The Morgan fingerprint density at radius 1 is 0.327 bits per heavy atom. The van der Waals surface area contributed by atoms with Crippen LogP contribution in [0, 0.1) is 0 Å². The molecule has 55 heavy (non-hydrogen) atoms. The highest BCUT2D eigenvalue weighted by atomic mass is 32.1. The zero-order valence-electron chi connectivity index (χ0n) is 36.3. The lowest BCUT2D eigenvalue weighted by atomic mass is 9.95. The quantitative estimate of drug-likeness (QED) is 0.164. The molecule has 0 radical (unpaired) electrons. The van der Waals surface area contributed by atoms with Gasteiger partial charge >= 0.3 is 0 Å². The highest BCUT2D eigenvalue weighted by Crippen LogP contribution is 2.39. The van der Waals surface area contributed by atoms with Gasteiger partial charge in [0.1, 0.15) is 0 Å². The van der Waals surface area contributed by atoms with E-state index in [1.54, 1.807) is 0 Å². The zero-order valence-corrected chi connectivity index (χ0v) is 30.1. The van der Waals surface area contributed by atoms with Gasteiger partial charge in [0.25, 0.3) is 0 Å². The van der Waals surface area contributed by atoms with Crippen molar-refractivity contribution in [1.29, 1.82) is 0 Å². The summed E-state index contributed by atoms with van der Waals surface area (Å²) in [5, 5.41) is 0.402. The molecule has 0 aliphatic rings. The summed E-state index contributed by atoms with van der Waals surface area (Å²) in [6, 6.07) is 50.1. The molecule has 0 saturated carbocycles. The van der Waals surface area contributed by atoms with E-state index in [9.17, 15) is 4.11 Å². The minimum atomic E-state index is -0.413. The SMILES string of the molecule is [2H]c1c([2H])c([2H])c2c(sc3c([2H])c([2H])c(-c4cc(-c5ccccc5)cc(-c5nc(-c6ccc(-c7ccccc7)cc6)nc(-c6cccc(-c7ccccc7)c6)n5)c4)c([2H])c32)c1[2H]. The van der Waals surface area contributed by atoms with Crippen molar-refractivity contribution >= 4 is 31.5 Å². The fourth-order valence-corrected chi connectivity index (χ4v) is 7.74. The van der Waals surface area contributed by atoms with E-state index in [4.69, 9.17) is 20.4 Å². The van der Waals surface area contributed by atoms with Crippen LogP contribution in [0.3, 0.4) is 0 Å². The minimum absolute atomic E-state index is 0.0956. The molecule has 10 aromatic rings. The molecule has 0 saturated heterocycles. The molecule has 0 spiro atoms. The molecule has 0 aliphatic heterocycles. The van der Waals surface area contributed by atoms with Crippen LogP contribution in [0.25, 0.3) is 98.8 Å². The maximum atomic E-state index is 9.63. The van der Waals surface area contributed by atoms with E-state index >= 15 is 0 Å². The highest BCUT2D eigenvalue weighted by Gasteiger charge is 2.16. The smallest absolute Gasteiger partial charge is 0.164 e. The van der Waals surface area contributed by atoms with Crippen molar-refractivity contribution in [2.75, 3.05) is 0 Å². The van der Waals surface area contributed by atoms with E-state index in [1.807, 2.05) is 121 Å². The van der Waals surface area contributed by atoms with Gasteiger partial charge in [0.2, 0.25) is 0 Å². The van der Waals surface area contributed by atoms with Gasteiger partial charge in [0.05, 0.1) is 9.60 Å². The summed E-state index contributed by atoms with van der Waals surface area (Å²) in [4.78, 5) is 15.3. The number of hydrogen-bond acceptors (Lipinski definition) is 4. The first-order valence-corrected chi connectivity index (χ1v) is 18.7. The maximum Gasteiger partial charge on any atom is 0.164 e. The van der Waals surface area contributed by atoms with Crippen LogP contribution >= 0.6 is 11.3 Å². The van der Waals surface area contributed by atoms with Gasteiger partial charge < -0.3 is 0 Å². The Hall–Kier alpha value is -7.01. The second-order valence-corrected chi connectivity index (χ2v) is 14.1. The molecule has 0 atom stereocenters. The monoisotopic (exact) mass is 726 g/mol. The molecule has 2 heterocycles. The van der Waals surface area contributed by atoms with E-state index in [0.717, 1.165) is 55.8 Å². The average molecular weight is 727 g/mol. The summed E-state index contributed by atoms with van der Waals surface area (Å²) in [5.74, 6) is 1.27. The van der Waals surface area contributed by atoms with Gasteiger partial charge in [-0.1, -0.05) is 158 Å². The van der Waals surface area contributed by atoms with E-state index in [2.05, 4.69) is 36.4 Å². The molecule has 0 N–H and O–H groups in total. The Labute approximate surface area is 333 Å². The highest BCUT2D eigenvalue weighted by molar-refractivity contribution is 7.25. The number of nitrogens with zero attached hydrogens (tertiary/aromatic N) is 3. The minimum Gasteiger partial charge on any atom is -0.208 e. The molecule has 8 aromatic carbocycles. The first-order valence-electron chi connectivity index (χ1n) is 21.4. The third kappa shape index (κ3) is 6.50. The van der Waals surface area contributed by atoms with Crippen LogP contribution in [0.5, 0.6) is 0 Å². The van der Waals surface area contributed by atoms with Crippen LogP contribution in [0.2, 0.25) is 0 Å². The third-order valence-corrected chi connectivity index (χ3v) is 10.6. The van der Waals surface area contributed by atoms with Gasteiger partial charge in [-0.05, 0) is 86.9 Å².